The molecule has 2 N–H and O–H groups in total. The number of anilines is 1. The molecule has 0 unspecified atom stereocenters. The van der Waals surface area contributed by atoms with E-state index in [1.807, 2.05) is 0 Å². The number of carbonyl (C=O) groups excluding carboxylic acids is 1. The number of amides is 1. The van der Waals surface area contributed by atoms with Crippen LogP contribution in [-0.2, 0) is 4.79 Å². The Morgan fingerprint density at radius 1 is 1.41 bits per heavy atom. The summed E-state index contributed by atoms with van der Waals surface area (Å²) in [5, 5.41) is 5.87. The van der Waals surface area contributed by atoms with Crippen LogP contribution < -0.4 is 10.6 Å². The van der Waals surface area contributed by atoms with Gasteiger partial charge in [-0.15, -0.1) is 0 Å². The number of hydrogen-bond donors (Lipinski definition) is 2. The molecule has 0 spiro atoms. The Morgan fingerprint density at radius 3 is 2.82 bits per heavy atom. The van der Waals surface area contributed by atoms with E-state index in [1.165, 1.54) is 31.2 Å². The van der Waals surface area contributed by atoms with Crippen LogP contribution in [-0.4, -0.2) is 23.5 Å². The minimum absolute atomic E-state index is 0.120. The summed E-state index contributed by atoms with van der Waals surface area (Å²) in [5.41, 5.74) is 0.518. The molecule has 1 heterocycles. The highest BCUT2D eigenvalue weighted by atomic mass is 19.1. The van der Waals surface area contributed by atoms with E-state index in [4.69, 9.17) is 0 Å². The van der Waals surface area contributed by atoms with E-state index in [0.29, 0.717) is 18.3 Å². The van der Waals surface area contributed by atoms with Crippen molar-refractivity contribution >= 4 is 11.6 Å². The van der Waals surface area contributed by atoms with Crippen LogP contribution in [0.5, 0.6) is 0 Å². The summed E-state index contributed by atoms with van der Waals surface area (Å²) in [6.45, 7) is 0.294. The van der Waals surface area contributed by atoms with Crippen molar-refractivity contribution < 1.29 is 9.18 Å². The van der Waals surface area contributed by atoms with Crippen molar-refractivity contribution in [2.45, 2.75) is 31.7 Å². The fourth-order valence-electron chi connectivity index (χ4n) is 2.02. The van der Waals surface area contributed by atoms with Crippen molar-refractivity contribution in [1.29, 1.82) is 0 Å². The van der Waals surface area contributed by atoms with Crippen LogP contribution in [0, 0.1) is 5.95 Å². The van der Waals surface area contributed by atoms with Crippen LogP contribution in [0.25, 0.3) is 0 Å². The predicted octanol–water partition coefficient (Wildman–Crippen LogP) is 1.69. The van der Waals surface area contributed by atoms with Gasteiger partial charge in [0.2, 0.25) is 11.9 Å². The van der Waals surface area contributed by atoms with Gasteiger partial charge in [0.1, 0.15) is 0 Å². The van der Waals surface area contributed by atoms with Gasteiger partial charge in [-0.25, -0.2) is 4.98 Å². The third-order valence-corrected chi connectivity index (χ3v) is 2.92. The summed E-state index contributed by atoms with van der Waals surface area (Å²) in [6, 6.07) is 3.18. The monoisotopic (exact) mass is 237 g/mol. The fourth-order valence-corrected chi connectivity index (χ4v) is 2.02. The Kier molecular flexibility index (Phi) is 4.03. The van der Waals surface area contributed by atoms with E-state index in [-0.39, 0.29) is 5.91 Å². The maximum atomic E-state index is 12.5. The zero-order valence-corrected chi connectivity index (χ0v) is 9.58. The molecule has 1 aliphatic rings. The van der Waals surface area contributed by atoms with Gasteiger partial charge in [-0.2, -0.15) is 4.39 Å². The van der Waals surface area contributed by atoms with Gasteiger partial charge in [0.05, 0.1) is 18.4 Å². The summed E-state index contributed by atoms with van der Waals surface area (Å²) in [5.74, 6) is -0.669. The fraction of sp³-hybridized carbons (Fsp3) is 0.500. The SMILES string of the molecule is O=C(CNC1CCCC1)Nc1ccc(F)nc1. The highest BCUT2D eigenvalue weighted by molar-refractivity contribution is 5.92. The molecular weight excluding hydrogens is 221 g/mol. The second kappa shape index (κ2) is 5.72. The van der Waals surface area contributed by atoms with Crippen LogP contribution in [0.1, 0.15) is 25.7 Å². The topological polar surface area (TPSA) is 54.0 Å². The third-order valence-electron chi connectivity index (χ3n) is 2.92. The third kappa shape index (κ3) is 3.78. The number of carbonyl (C=O) groups is 1. The lowest BCUT2D eigenvalue weighted by atomic mass is 10.2. The van der Waals surface area contributed by atoms with E-state index in [9.17, 15) is 9.18 Å². The normalized spacial score (nSPS) is 16.1. The summed E-state index contributed by atoms with van der Waals surface area (Å²) >= 11 is 0. The minimum Gasteiger partial charge on any atom is -0.324 e. The maximum absolute atomic E-state index is 12.5. The molecule has 1 amide bonds. The average Bonchev–Trinajstić information content (AvgIpc) is 2.83. The van der Waals surface area contributed by atoms with Gasteiger partial charge in [0, 0.05) is 6.04 Å². The summed E-state index contributed by atoms with van der Waals surface area (Å²) in [7, 11) is 0. The molecule has 1 aromatic heterocycles. The highest BCUT2D eigenvalue weighted by Crippen LogP contribution is 2.17. The second-order valence-electron chi connectivity index (χ2n) is 4.28. The van der Waals surface area contributed by atoms with Crippen molar-refractivity contribution in [1.82, 2.24) is 10.3 Å². The second-order valence-corrected chi connectivity index (χ2v) is 4.28. The molecule has 0 atom stereocenters. The van der Waals surface area contributed by atoms with Gasteiger partial charge in [-0.05, 0) is 25.0 Å². The van der Waals surface area contributed by atoms with E-state index >= 15 is 0 Å². The molecule has 0 radical (unpaired) electrons. The molecule has 5 heteroatoms. The molecule has 92 valence electrons. The number of nitrogens with one attached hydrogen (secondary N) is 2. The van der Waals surface area contributed by atoms with E-state index < -0.39 is 5.95 Å². The molecule has 1 aliphatic carbocycles. The Morgan fingerprint density at radius 2 is 2.18 bits per heavy atom. The smallest absolute Gasteiger partial charge is 0.238 e. The molecule has 1 fully saturated rings. The number of hydrogen-bond acceptors (Lipinski definition) is 3. The Hall–Kier alpha value is -1.49. The van der Waals surface area contributed by atoms with Gasteiger partial charge < -0.3 is 10.6 Å². The van der Waals surface area contributed by atoms with Crippen molar-refractivity contribution in [2.24, 2.45) is 0 Å². The number of rotatable bonds is 4. The Bertz CT molecular complexity index is 374. The quantitative estimate of drug-likeness (QED) is 0.783. The van der Waals surface area contributed by atoms with Crippen LogP contribution in [0.4, 0.5) is 10.1 Å². The molecule has 1 saturated carbocycles. The van der Waals surface area contributed by atoms with Crippen molar-refractivity contribution in [2.75, 3.05) is 11.9 Å². The van der Waals surface area contributed by atoms with Gasteiger partial charge >= 0.3 is 0 Å². The molecular formula is C12H16FN3O. The molecule has 0 bridgehead atoms. The van der Waals surface area contributed by atoms with Crippen molar-refractivity contribution in [3.05, 3.63) is 24.3 Å². The van der Waals surface area contributed by atoms with Crippen LogP contribution in [0.15, 0.2) is 18.3 Å². The van der Waals surface area contributed by atoms with Gasteiger partial charge in [-0.1, -0.05) is 12.8 Å². The average molecular weight is 237 g/mol. The molecule has 17 heavy (non-hydrogen) atoms. The molecule has 0 saturated heterocycles. The predicted molar refractivity (Wildman–Crippen MR) is 63.1 cm³/mol. The molecule has 0 aromatic carbocycles. The van der Waals surface area contributed by atoms with E-state index in [2.05, 4.69) is 15.6 Å². The first-order valence-electron chi connectivity index (χ1n) is 5.89. The number of pyridine rings is 1. The minimum atomic E-state index is -0.549. The summed E-state index contributed by atoms with van der Waals surface area (Å²) < 4.78 is 12.5. The first kappa shape index (κ1) is 12.0. The number of halogens is 1. The molecule has 2 rings (SSSR count). The standard InChI is InChI=1S/C12H16FN3O/c13-11-6-5-10(7-15-11)16-12(17)8-14-9-3-1-2-4-9/h5-7,9,14H,1-4,8H2,(H,16,17). The number of nitrogens with zero attached hydrogens (tertiary/aromatic N) is 1. The summed E-state index contributed by atoms with van der Waals surface area (Å²) in [6.07, 6.45) is 6.07. The lowest BCUT2D eigenvalue weighted by Gasteiger charge is -2.11. The van der Waals surface area contributed by atoms with Crippen LogP contribution in [0.2, 0.25) is 0 Å². The molecule has 4 nitrogen and oxygen atoms in total. The largest absolute Gasteiger partial charge is 0.324 e. The maximum Gasteiger partial charge on any atom is 0.238 e. The first-order valence-corrected chi connectivity index (χ1v) is 5.89. The molecule has 0 aliphatic heterocycles. The Balaban J connectivity index is 1.74. The van der Waals surface area contributed by atoms with E-state index in [0.717, 1.165) is 12.8 Å². The van der Waals surface area contributed by atoms with Crippen molar-refractivity contribution in [3.8, 4) is 0 Å². The highest BCUT2D eigenvalue weighted by Gasteiger charge is 2.15. The van der Waals surface area contributed by atoms with Crippen LogP contribution >= 0.6 is 0 Å². The zero-order valence-electron chi connectivity index (χ0n) is 9.58. The number of aromatic nitrogens is 1. The van der Waals surface area contributed by atoms with E-state index in [1.54, 1.807) is 0 Å². The lowest BCUT2D eigenvalue weighted by molar-refractivity contribution is -0.115. The van der Waals surface area contributed by atoms with Crippen LogP contribution in [0.3, 0.4) is 0 Å². The first-order chi connectivity index (χ1) is 8.24. The lowest BCUT2D eigenvalue weighted by Crippen LogP contribution is -2.34. The zero-order chi connectivity index (χ0) is 12.1. The van der Waals surface area contributed by atoms with Gasteiger partial charge in [0.25, 0.3) is 0 Å². The summed E-state index contributed by atoms with van der Waals surface area (Å²) in [4.78, 5) is 15.0. The van der Waals surface area contributed by atoms with Gasteiger partial charge in [0.15, 0.2) is 0 Å². The molecule has 1 aromatic rings. The Labute approximate surface area is 99.6 Å². The van der Waals surface area contributed by atoms with Gasteiger partial charge in [-0.3, -0.25) is 4.79 Å². The van der Waals surface area contributed by atoms with Crippen molar-refractivity contribution in [3.63, 3.8) is 0 Å².